The number of hydrogen-bond acceptors (Lipinski definition) is 2. The van der Waals surface area contributed by atoms with Crippen molar-refractivity contribution >= 4 is 23.2 Å². The average Bonchev–Trinajstić information content (AvgIpc) is 2.15. The molecule has 0 fully saturated rings. The Morgan fingerprint density at radius 2 is 2.38 bits per heavy atom. The van der Waals surface area contributed by atoms with Crippen LogP contribution in [-0.4, -0.2) is 4.98 Å². The van der Waals surface area contributed by atoms with Gasteiger partial charge < -0.3 is 0 Å². The second-order valence-corrected chi connectivity index (χ2v) is 3.43. The van der Waals surface area contributed by atoms with Crippen LogP contribution < -0.4 is 0 Å². The van der Waals surface area contributed by atoms with Crippen LogP contribution in [0.15, 0.2) is 18.3 Å². The number of aromatic nitrogens is 1. The fraction of sp³-hybridized carbons (Fsp3) is 0.333. The van der Waals surface area contributed by atoms with Crippen LogP contribution in [0.4, 0.5) is 0 Å². The molecule has 1 heterocycles. The summed E-state index contributed by atoms with van der Waals surface area (Å²) in [5.74, 6) is 0. The van der Waals surface area contributed by atoms with Crippen LogP contribution >= 0.6 is 23.2 Å². The molecule has 0 radical (unpaired) electrons. The highest BCUT2D eigenvalue weighted by atomic mass is 35.5. The van der Waals surface area contributed by atoms with Crippen LogP contribution in [0.3, 0.4) is 0 Å². The van der Waals surface area contributed by atoms with E-state index in [4.69, 9.17) is 28.5 Å². The summed E-state index contributed by atoms with van der Waals surface area (Å²) in [6, 6.07) is 5.64. The summed E-state index contributed by atoms with van der Waals surface area (Å²) in [7, 11) is 0. The van der Waals surface area contributed by atoms with Crippen molar-refractivity contribution in [1.82, 2.24) is 4.98 Å². The van der Waals surface area contributed by atoms with E-state index in [9.17, 15) is 0 Å². The van der Waals surface area contributed by atoms with Gasteiger partial charge in [-0.25, -0.2) is 4.98 Å². The molecule has 1 aromatic rings. The first-order valence-electron chi connectivity index (χ1n) is 3.87. The molecule has 0 N–H and O–H groups in total. The lowest BCUT2D eigenvalue weighted by Gasteiger charge is -2.07. The number of nitrogens with zero attached hydrogens (tertiary/aromatic N) is 2. The van der Waals surface area contributed by atoms with Crippen molar-refractivity contribution in [3.63, 3.8) is 0 Å². The minimum Gasteiger partial charge on any atom is -0.244 e. The first-order chi connectivity index (χ1) is 6.25. The molecule has 1 unspecified atom stereocenters. The zero-order valence-corrected chi connectivity index (χ0v) is 8.39. The Kier molecular flexibility index (Phi) is 4.01. The molecule has 68 valence electrons. The lowest BCUT2D eigenvalue weighted by atomic mass is 10.1. The van der Waals surface area contributed by atoms with E-state index in [1.165, 1.54) is 0 Å². The Bertz CT molecular complexity index is 320. The minimum atomic E-state index is -0.221. The molecule has 0 spiro atoms. The second-order valence-electron chi connectivity index (χ2n) is 2.55. The second kappa shape index (κ2) is 5.06. The van der Waals surface area contributed by atoms with Crippen molar-refractivity contribution in [3.05, 3.63) is 29.0 Å². The van der Waals surface area contributed by atoms with Crippen LogP contribution in [-0.2, 0) is 0 Å². The van der Waals surface area contributed by atoms with E-state index in [-0.39, 0.29) is 5.38 Å². The maximum Gasteiger partial charge on any atom is 0.133 e. The van der Waals surface area contributed by atoms with Gasteiger partial charge in [0.25, 0.3) is 0 Å². The van der Waals surface area contributed by atoms with Gasteiger partial charge in [0.1, 0.15) is 5.15 Å². The molecule has 0 aliphatic rings. The van der Waals surface area contributed by atoms with Crippen LogP contribution in [0.5, 0.6) is 0 Å². The van der Waals surface area contributed by atoms with Gasteiger partial charge in [-0.2, -0.15) is 5.26 Å². The van der Waals surface area contributed by atoms with Crippen LogP contribution in [0, 0.1) is 11.3 Å². The predicted octanol–water partition coefficient (Wildman–Crippen LogP) is 3.32. The Labute approximate surface area is 87.1 Å². The number of halogens is 2. The maximum atomic E-state index is 8.37. The lowest BCUT2D eigenvalue weighted by Crippen LogP contribution is -1.92. The van der Waals surface area contributed by atoms with Gasteiger partial charge in [0, 0.05) is 18.2 Å². The maximum absolute atomic E-state index is 8.37. The fourth-order valence-electron chi connectivity index (χ4n) is 0.979. The van der Waals surface area contributed by atoms with Gasteiger partial charge in [0.2, 0.25) is 0 Å². The Morgan fingerprint density at radius 1 is 1.62 bits per heavy atom. The largest absolute Gasteiger partial charge is 0.244 e. The van der Waals surface area contributed by atoms with Crippen molar-refractivity contribution in [2.45, 2.75) is 18.2 Å². The van der Waals surface area contributed by atoms with Crippen LogP contribution in [0.1, 0.15) is 23.8 Å². The van der Waals surface area contributed by atoms with Crippen LogP contribution in [0.2, 0.25) is 5.15 Å². The Hall–Kier alpha value is -0.780. The highest BCUT2D eigenvalue weighted by Crippen LogP contribution is 2.29. The summed E-state index contributed by atoms with van der Waals surface area (Å²) in [5.41, 5.74) is 0.793. The zero-order chi connectivity index (χ0) is 9.68. The zero-order valence-electron chi connectivity index (χ0n) is 6.87. The number of rotatable bonds is 3. The standard InChI is InChI=1S/C9H8Cl2N2/c10-8(4-1-5-12)7-3-2-6-13-9(7)11/h2-3,6,8H,1,4H2. The van der Waals surface area contributed by atoms with Gasteiger partial charge in [0.15, 0.2) is 0 Å². The SMILES string of the molecule is N#CCCC(Cl)c1cccnc1Cl. The molecule has 4 heteroatoms. The highest BCUT2D eigenvalue weighted by Gasteiger charge is 2.11. The molecule has 0 aliphatic heterocycles. The molecule has 2 nitrogen and oxygen atoms in total. The first kappa shape index (κ1) is 10.3. The lowest BCUT2D eigenvalue weighted by molar-refractivity contribution is 0.816. The van der Waals surface area contributed by atoms with Gasteiger partial charge in [0.05, 0.1) is 11.4 Å². The van der Waals surface area contributed by atoms with E-state index >= 15 is 0 Å². The van der Waals surface area contributed by atoms with Crippen molar-refractivity contribution in [2.24, 2.45) is 0 Å². The number of pyridine rings is 1. The van der Waals surface area contributed by atoms with E-state index in [0.29, 0.717) is 18.0 Å². The first-order valence-corrected chi connectivity index (χ1v) is 4.68. The summed E-state index contributed by atoms with van der Waals surface area (Å²) in [6.45, 7) is 0. The molecule has 1 aromatic heterocycles. The van der Waals surface area contributed by atoms with Crippen molar-refractivity contribution < 1.29 is 0 Å². The molecule has 1 rings (SSSR count). The molecular weight excluding hydrogens is 207 g/mol. The number of alkyl halides is 1. The van der Waals surface area contributed by atoms with Gasteiger partial charge >= 0.3 is 0 Å². The third-order valence-corrected chi connectivity index (χ3v) is 2.40. The highest BCUT2D eigenvalue weighted by molar-refractivity contribution is 6.31. The van der Waals surface area contributed by atoms with Gasteiger partial charge in [-0.1, -0.05) is 17.7 Å². The minimum absolute atomic E-state index is 0.221. The van der Waals surface area contributed by atoms with E-state index in [2.05, 4.69) is 4.98 Å². The van der Waals surface area contributed by atoms with Gasteiger partial charge in [-0.15, -0.1) is 11.6 Å². The monoisotopic (exact) mass is 214 g/mol. The third kappa shape index (κ3) is 2.87. The topological polar surface area (TPSA) is 36.7 Å². The van der Waals surface area contributed by atoms with E-state index in [1.54, 1.807) is 12.3 Å². The normalized spacial score (nSPS) is 12.1. The Balaban J connectivity index is 2.72. The third-order valence-electron chi connectivity index (χ3n) is 1.63. The quantitative estimate of drug-likeness (QED) is 0.572. The van der Waals surface area contributed by atoms with E-state index in [0.717, 1.165) is 5.56 Å². The fourth-order valence-corrected chi connectivity index (χ4v) is 1.57. The summed E-state index contributed by atoms with van der Waals surface area (Å²) in [4.78, 5) is 3.91. The molecule has 13 heavy (non-hydrogen) atoms. The van der Waals surface area contributed by atoms with E-state index < -0.39 is 0 Å². The predicted molar refractivity (Wildman–Crippen MR) is 52.7 cm³/mol. The molecule has 1 atom stereocenters. The average molecular weight is 215 g/mol. The molecule has 0 aliphatic carbocycles. The summed E-state index contributed by atoms with van der Waals surface area (Å²) >= 11 is 11.8. The molecule has 0 amide bonds. The van der Waals surface area contributed by atoms with E-state index in [1.807, 2.05) is 12.1 Å². The summed E-state index contributed by atoms with van der Waals surface area (Å²) in [5, 5.41) is 8.57. The Morgan fingerprint density at radius 3 is 3.00 bits per heavy atom. The van der Waals surface area contributed by atoms with Crippen molar-refractivity contribution in [3.8, 4) is 6.07 Å². The summed E-state index contributed by atoms with van der Waals surface area (Å²) < 4.78 is 0. The number of nitriles is 1. The van der Waals surface area contributed by atoms with Crippen molar-refractivity contribution in [1.29, 1.82) is 5.26 Å². The smallest absolute Gasteiger partial charge is 0.133 e. The molecule has 0 bridgehead atoms. The molecule has 0 aromatic carbocycles. The van der Waals surface area contributed by atoms with Gasteiger partial charge in [-0.3, -0.25) is 0 Å². The summed E-state index contributed by atoms with van der Waals surface area (Å²) in [6.07, 6.45) is 2.64. The number of hydrogen-bond donors (Lipinski definition) is 0. The molecule has 0 saturated carbocycles. The van der Waals surface area contributed by atoms with Crippen molar-refractivity contribution in [2.75, 3.05) is 0 Å². The van der Waals surface area contributed by atoms with Gasteiger partial charge in [-0.05, 0) is 12.5 Å². The molecule has 0 saturated heterocycles. The van der Waals surface area contributed by atoms with Crippen LogP contribution in [0.25, 0.3) is 0 Å². The molecular formula is C9H8Cl2N2.